The van der Waals surface area contributed by atoms with E-state index in [0.29, 0.717) is 19.1 Å². The molecule has 5 nitrogen and oxygen atoms in total. The molecule has 2 heterocycles. The van der Waals surface area contributed by atoms with Crippen molar-refractivity contribution in [3.8, 4) is 0 Å². The number of sulfonamides is 1. The predicted molar refractivity (Wildman–Crippen MR) is 95.3 cm³/mol. The van der Waals surface area contributed by atoms with Crippen molar-refractivity contribution >= 4 is 10.0 Å². The first-order chi connectivity index (χ1) is 11.4. The molecule has 0 amide bonds. The standard InChI is InChI=1S/C18H28N2O3S/c1-3-24(21,22)19-10-17-7-8-18(23-12-17)13-20(14-18)11-16-6-4-5-15(2)9-16/h4-6,9,17,19H,3,7-8,10-14H2,1-2H3. The molecule has 0 aromatic heterocycles. The summed E-state index contributed by atoms with van der Waals surface area (Å²) < 4.78 is 31.8. The molecule has 0 aliphatic carbocycles. The third-order valence-corrected chi connectivity index (χ3v) is 6.48. The average molecular weight is 353 g/mol. The lowest BCUT2D eigenvalue weighted by Crippen LogP contribution is -2.64. The molecule has 3 rings (SSSR count). The molecular weight excluding hydrogens is 324 g/mol. The van der Waals surface area contributed by atoms with Gasteiger partial charge in [-0.25, -0.2) is 13.1 Å². The second-order valence-electron chi connectivity index (χ2n) is 7.28. The average Bonchev–Trinajstić information content (AvgIpc) is 2.53. The molecule has 0 radical (unpaired) electrons. The molecule has 2 fully saturated rings. The second-order valence-corrected chi connectivity index (χ2v) is 9.38. The zero-order valence-electron chi connectivity index (χ0n) is 14.6. The highest BCUT2D eigenvalue weighted by molar-refractivity contribution is 7.89. The summed E-state index contributed by atoms with van der Waals surface area (Å²) in [5, 5.41) is 0. The van der Waals surface area contributed by atoms with Crippen LogP contribution in [0.5, 0.6) is 0 Å². The Morgan fingerprint density at radius 1 is 1.38 bits per heavy atom. The Morgan fingerprint density at radius 2 is 2.17 bits per heavy atom. The summed E-state index contributed by atoms with van der Waals surface area (Å²) in [5.41, 5.74) is 2.66. The van der Waals surface area contributed by atoms with Gasteiger partial charge in [-0.1, -0.05) is 29.8 Å². The maximum absolute atomic E-state index is 11.5. The zero-order valence-corrected chi connectivity index (χ0v) is 15.4. The summed E-state index contributed by atoms with van der Waals surface area (Å²) in [6.45, 7) is 7.88. The van der Waals surface area contributed by atoms with Crippen molar-refractivity contribution < 1.29 is 13.2 Å². The molecule has 1 N–H and O–H groups in total. The van der Waals surface area contributed by atoms with Gasteiger partial charge < -0.3 is 4.74 Å². The molecule has 1 aromatic carbocycles. The first-order valence-electron chi connectivity index (χ1n) is 8.79. The van der Waals surface area contributed by atoms with Crippen LogP contribution in [-0.2, 0) is 21.3 Å². The van der Waals surface area contributed by atoms with E-state index in [0.717, 1.165) is 32.5 Å². The molecular formula is C18H28N2O3S. The number of aryl methyl sites for hydroxylation is 1. The Morgan fingerprint density at radius 3 is 2.79 bits per heavy atom. The fraction of sp³-hybridized carbons (Fsp3) is 0.667. The Balaban J connectivity index is 1.42. The summed E-state index contributed by atoms with van der Waals surface area (Å²) in [6, 6.07) is 8.65. The highest BCUT2D eigenvalue weighted by Crippen LogP contribution is 2.36. The van der Waals surface area contributed by atoms with E-state index in [1.165, 1.54) is 11.1 Å². The minimum Gasteiger partial charge on any atom is -0.372 e. The first-order valence-corrected chi connectivity index (χ1v) is 10.4. The first kappa shape index (κ1) is 17.9. The monoisotopic (exact) mass is 352 g/mol. The van der Waals surface area contributed by atoms with Gasteiger partial charge in [-0.2, -0.15) is 0 Å². The minimum atomic E-state index is -3.10. The van der Waals surface area contributed by atoms with Crippen LogP contribution in [0.15, 0.2) is 24.3 Å². The van der Waals surface area contributed by atoms with Crippen LogP contribution < -0.4 is 4.72 Å². The number of ether oxygens (including phenoxy) is 1. The number of rotatable bonds is 6. The molecule has 2 aliphatic rings. The molecule has 24 heavy (non-hydrogen) atoms. The van der Waals surface area contributed by atoms with E-state index in [9.17, 15) is 8.42 Å². The molecule has 1 atom stereocenters. The van der Waals surface area contributed by atoms with Gasteiger partial charge >= 0.3 is 0 Å². The summed E-state index contributed by atoms with van der Waals surface area (Å²) in [6.07, 6.45) is 2.06. The summed E-state index contributed by atoms with van der Waals surface area (Å²) in [4.78, 5) is 2.43. The normalized spacial score (nSPS) is 24.0. The fourth-order valence-electron chi connectivity index (χ4n) is 3.62. The number of nitrogens with one attached hydrogen (secondary N) is 1. The molecule has 2 saturated heterocycles. The van der Waals surface area contributed by atoms with Crippen molar-refractivity contribution in [2.24, 2.45) is 5.92 Å². The van der Waals surface area contributed by atoms with Gasteiger partial charge in [-0.3, -0.25) is 4.90 Å². The summed E-state index contributed by atoms with van der Waals surface area (Å²) in [5.74, 6) is 0.432. The topological polar surface area (TPSA) is 58.6 Å². The number of nitrogens with zero attached hydrogens (tertiary/aromatic N) is 1. The van der Waals surface area contributed by atoms with Gasteiger partial charge in [0.2, 0.25) is 10.0 Å². The van der Waals surface area contributed by atoms with Crippen LogP contribution >= 0.6 is 0 Å². The van der Waals surface area contributed by atoms with E-state index in [2.05, 4.69) is 40.8 Å². The SMILES string of the molecule is CCS(=O)(=O)NCC1CCC2(CN(Cc3cccc(C)c3)C2)OC1. The minimum absolute atomic E-state index is 0.00392. The third kappa shape index (κ3) is 4.36. The van der Waals surface area contributed by atoms with Crippen molar-refractivity contribution in [3.05, 3.63) is 35.4 Å². The highest BCUT2D eigenvalue weighted by atomic mass is 32.2. The number of hydrogen-bond acceptors (Lipinski definition) is 4. The lowest BCUT2D eigenvalue weighted by Gasteiger charge is -2.53. The van der Waals surface area contributed by atoms with Crippen LogP contribution in [0.25, 0.3) is 0 Å². The molecule has 1 spiro atoms. The van der Waals surface area contributed by atoms with Crippen LogP contribution in [0.3, 0.4) is 0 Å². The molecule has 2 aliphatic heterocycles. The summed E-state index contributed by atoms with van der Waals surface area (Å²) in [7, 11) is -3.10. The van der Waals surface area contributed by atoms with E-state index in [1.54, 1.807) is 6.92 Å². The molecule has 1 unspecified atom stereocenters. The van der Waals surface area contributed by atoms with Gasteiger partial charge in [-0.05, 0) is 38.2 Å². The number of benzene rings is 1. The van der Waals surface area contributed by atoms with E-state index in [1.807, 2.05) is 0 Å². The zero-order chi connectivity index (χ0) is 17.2. The largest absolute Gasteiger partial charge is 0.372 e. The van der Waals surface area contributed by atoms with Gasteiger partial charge in [0.25, 0.3) is 0 Å². The maximum atomic E-state index is 11.5. The second kappa shape index (κ2) is 7.12. The highest BCUT2D eigenvalue weighted by Gasteiger charge is 2.46. The van der Waals surface area contributed by atoms with Gasteiger partial charge in [-0.15, -0.1) is 0 Å². The fourth-order valence-corrected chi connectivity index (χ4v) is 4.32. The van der Waals surface area contributed by atoms with E-state index in [4.69, 9.17) is 4.74 Å². The number of hydrogen-bond donors (Lipinski definition) is 1. The lowest BCUT2D eigenvalue weighted by molar-refractivity contribution is -0.181. The Labute approximate surface area is 145 Å². The van der Waals surface area contributed by atoms with Crippen LogP contribution in [-0.4, -0.2) is 50.9 Å². The van der Waals surface area contributed by atoms with Gasteiger partial charge in [0.1, 0.15) is 0 Å². The van der Waals surface area contributed by atoms with E-state index >= 15 is 0 Å². The van der Waals surface area contributed by atoms with E-state index in [-0.39, 0.29) is 11.4 Å². The van der Waals surface area contributed by atoms with Gasteiger partial charge in [0, 0.05) is 26.2 Å². The van der Waals surface area contributed by atoms with Crippen molar-refractivity contribution in [1.29, 1.82) is 0 Å². The van der Waals surface area contributed by atoms with Crippen molar-refractivity contribution in [1.82, 2.24) is 9.62 Å². The lowest BCUT2D eigenvalue weighted by atomic mass is 9.83. The van der Waals surface area contributed by atoms with Gasteiger partial charge in [0.15, 0.2) is 0 Å². The molecule has 0 saturated carbocycles. The molecule has 1 aromatic rings. The predicted octanol–water partition coefficient (Wildman–Crippen LogP) is 1.92. The third-order valence-electron chi connectivity index (χ3n) is 5.12. The van der Waals surface area contributed by atoms with Crippen molar-refractivity contribution in [2.45, 2.75) is 38.8 Å². The van der Waals surface area contributed by atoms with E-state index < -0.39 is 10.0 Å². The molecule has 6 heteroatoms. The maximum Gasteiger partial charge on any atom is 0.211 e. The van der Waals surface area contributed by atoms with Crippen molar-refractivity contribution in [3.63, 3.8) is 0 Å². The Hall–Kier alpha value is -0.950. The van der Waals surface area contributed by atoms with Crippen LogP contribution in [0.2, 0.25) is 0 Å². The number of likely N-dealkylation sites (tertiary alicyclic amines) is 1. The van der Waals surface area contributed by atoms with Crippen LogP contribution in [0, 0.1) is 12.8 Å². The Kier molecular flexibility index (Phi) is 5.30. The van der Waals surface area contributed by atoms with Gasteiger partial charge in [0.05, 0.1) is 18.0 Å². The summed E-state index contributed by atoms with van der Waals surface area (Å²) >= 11 is 0. The smallest absolute Gasteiger partial charge is 0.211 e. The Bertz CT molecular complexity index is 659. The molecule has 134 valence electrons. The van der Waals surface area contributed by atoms with Crippen molar-refractivity contribution in [2.75, 3.05) is 32.0 Å². The van der Waals surface area contributed by atoms with Crippen LogP contribution in [0.1, 0.15) is 30.9 Å². The van der Waals surface area contributed by atoms with Crippen LogP contribution in [0.4, 0.5) is 0 Å². The molecule has 0 bridgehead atoms. The quantitative estimate of drug-likeness (QED) is 0.850.